The van der Waals surface area contributed by atoms with Gasteiger partial charge in [0.05, 0.1) is 6.61 Å². The smallest absolute Gasteiger partial charge is 0.323 e. The lowest BCUT2D eigenvalue weighted by Crippen LogP contribution is -2.40. The quantitative estimate of drug-likeness (QED) is 0.577. The highest BCUT2D eigenvalue weighted by Crippen LogP contribution is 2.32. The van der Waals surface area contributed by atoms with Crippen LogP contribution in [0.4, 0.5) is 0 Å². The van der Waals surface area contributed by atoms with Crippen molar-refractivity contribution in [2.24, 2.45) is 5.92 Å². The number of carbonyl (C=O) groups excluding carboxylic acids is 2. The van der Waals surface area contributed by atoms with Gasteiger partial charge in [-0.05, 0) is 25.7 Å². The van der Waals surface area contributed by atoms with Gasteiger partial charge in [0.15, 0.2) is 0 Å². The Morgan fingerprint density at radius 1 is 1.28 bits per heavy atom. The summed E-state index contributed by atoms with van der Waals surface area (Å²) in [6, 6.07) is 0. The summed E-state index contributed by atoms with van der Waals surface area (Å²) in [7, 11) is 0. The Morgan fingerprint density at radius 2 is 1.89 bits per heavy atom. The van der Waals surface area contributed by atoms with Crippen molar-refractivity contribution in [1.82, 2.24) is 0 Å². The topological polar surface area (TPSA) is 52.6 Å². The molecule has 1 aliphatic rings. The molecule has 0 N–H and O–H groups in total. The zero-order valence-corrected chi connectivity index (χ0v) is 12.6. The maximum Gasteiger partial charge on any atom is 0.323 e. The molecule has 0 bridgehead atoms. The van der Waals surface area contributed by atoms with Crippen molar-refractivity contribution in [3.8, 4) is 0 Å². The normalized spacial score (nSPS) is 19.9. The van der Waals surface area contributed by atoms with Crippen molar-refractivity contribution in [3.05, 3.63) is 0 Å². The first-order chi connectivity index (χ1) is 8.56. The number of carbonyl (C=O) groups is 2. The Labute approximate surface area is 117 Å². The van der Waals surface area contributed by atoms with E-state index in [0.29, 0.717) is 6.61 Å². The highest BCUT2D eigenvalue weighted by molar-refractivity contribution is 9.10. The highest BCUT2D eigenvalue weighted by Gasteiger charge is 2.36. The van der Waals surface area contributed by atoms with Crippen LogP contribution in [-0.4, -0.2) is 29.5 Å². The molecule has 4 nitrogen and oxygen atoms in total. The first kappa shape index (κ1) is 15.5. The number of hydrogen-bond donors (Lipinski definition) is 0. The van der Waals surface area contributed by atoms with Crippen LogP contribution in [0.15, 0.2) is 0 Å². The van der Waals surface area contributed by atoms with E-state index in [2.05, 4.69) is 15.9 Å². The second-order valence-electron chi connectivity index (χ2n) is 4.63. The van der Waals surface area contributed by atoms with E-state index in [1.807, 2.05) is 0 Å². The minimum Gasteiger partial charge on any atom is -0.465 e. The Kier molecular flexibility index (Phi) is 6.68. The Balaban J connectivity index is 2.69. The van der Waals surface area contributed by atoms with Crippen LogP contribution in [0.3, 0.4) is 0 Å². The van der Waals surface area contributed by atoms with Gasteiger partial charge in [-0.15, -0.1) is 0 Å². The minimum atomic E-state index is -0.565. The van der Waals surface area contributed by atoms with Crippen LogP contribution in [0, 0.1) is 5.92 Å². The third kappa shape index (κ3) is 4.59. The summed E-state index contributed by atoms with van der Waals surface area (Å²) in [6.07, 6.45) is 5.06. The minimum absolute atomic E-state index is 0.247. The van der Waals surface area contributed by atoms with Crippen molar-refractivity contribution in [2.45, 2.75) is 56.9 Å². The van der Waals surface area contributed by atoms with E-state index < -0.39 is 10.9 Å². The van der Waals surface area contributed by atoms with Crippen molar-refractivity contribution in [1.29, 1.82) is 0 Å². The molecule has 1 fully saturated rings. The van der Waals surface area contributed by atoms with Gasteiger partial charge in [-0.25, -0.2) is 0 Å². The second-order valence-corrected chi connectivity index (χ2v) is 5.61. The lowest BCUT2D eigenvalue weighted by molar-refractivity contribution is -0.155. The molecule has 0 radical (unpaired) electrons. The largest absolute Gasteiger partial charge is 0.465 e. The zero-order valence-electron chi connectivity index (χ0n) is 11.0. The van der Waals surface area contributed by atoms with E-state index in [4.69, 9.17) is 9.47 Å². The fraction of sp³-hybridized carbons (Fsp3) is 0.846. The third-order valence-corrected chi connectivity index (χ3v) is 4.11. The van der Waals surface area contributed by atoms with Gasteiger partial charge < -0.3 is 9.47 Å². The molecule has 0 aliphatic heterocycles. The van der Waals surface area contributed by atoms with Gasteiger partial charge in [0.2, 0.25) is 0 Å². The number of alkyl halides is 1. The van der Waals surface area contributed by atoms with E-state index in [-0.39, 0.29) is 17.9 Å². The van der Waals surface area contributed by atoms with Crippen LogP contribution in [0.1, 0.15) is 46.0 Å². The number of esters is 2. The molecule has 2 atom stereocenters. The maximum atomic E-state index is 11.7. The van der Waals surface area contributed by atoms with Gasteiger partial charge >= 0.3 is 11.9 Å². The lowest BCUT2D eigenvalue weighted by Gasteiger charge is -2.31. The van der Waals surface area contributed by atoms with E-state index in [9.17, 15) is 9.59 Å². The molecule has 0 aromatic heterocycles. The number of hydrogen-bond acceptors (Lipinski definition) is 4. The molecule has 5 heteroatoms. The molecule has 0 aromatic carbocycles. The summed E-state index contributed by atoms with van der Waals surface area (Å²) < 4.78 is 10.3. The standard InChI is InChI=1S/C13H21BrO4/c1-3-17-13(16)11(14)12(18-9(2)15)10-7-5-4-6-8-10/h10-12H,3-8H2,1-2H3/t11-,12-/m0/s1. The van der Waals surface area contributed by atoms with Crippen LogP contribution in [0.25, 0.3) is 0 Å². The van der Waals surface area contributed by atoms with Crippen LogP contribution < -0.4 is 0 Å². The summed E-state index contributed by atoms with van der Waals surface area (Å²) in [5.74, 6) is -0.454. The molecule has 104 valence electrons. The van der Waals surface area contributed by atoms with Gasteiger partial charge in [-0.3, -0.25) is 9.59 Å². The van der Waals surface area contributed by atoms with Crippen molar-refractivity contribution >= 4 is 27.9 Å². The molecule has 0 amide bonds. The molecular formula is C13H21BrO4. The molecule has 0 spiro atoms. The summed E-state index contributed by atoms with van der Waals surface area (Å²) in [5.41, 5.74) is 0. The molecule has 1 saturated carbocycles. The Bertz CT molecular complexity index is 287. The van der Waals surface area contributed by atoms with E-state index >= 15 is 0 Å². The monoisotopic (exact) mass is 320 g/mol. The average Bonchev–Trinajstić information content (AvgIpc) is 2.36. The fourth-order valence-electron chi connectivity index (χ4n) is 2.41. The average molecular weight is 321 g/mol. The molecule has 0 saturated heterocycles. The predicted molar refractivity (Wildman–Crippen MR) is 71.5 cm³/mol. The van der Waals surface area contributed by atoms with Crippen LogP contribution in [0.5, 0.6) is 0 Å². The Hall–Kier alpha value is -0.580. The second kappa shape index (κ2) is 7.77. The Morgan fingerprint density at radius 3 is 2.39 bits per heavy atom. The molecule has 0 aromatic rings. The molecule has 0 unspecified atom stereocenters. The number of rotatable bonds is 5. The van der Waals surface area contributed by atoms with E-state index in [1.165, 1.54) is 13.3 Å². The first-order valence-electron chi connectivity index (χ1n) is 6.54. The van der Waals surface area contributed by atoms with Crippen LogP contribution >= 0.6 is 15.9 Å². The van der Waals surface area contributed by atoms with Gasteiger partial charge in [-0.2, -0.15) is 0 Å². The predicted octanol–water partition coefficient (Wildman–Crippen LogP) is 2.83. The van der Waals surface area contributed by atoms with E-state index in [0.717, 1.165) is 25.7 Å². The summed E-state index contributed by atoms with van der Waals surface area (Å²) in [4.78, 5) is 22.4. The van der Waals surface area contributed by atoms with Gasteiger partial charge in [0.1, 0.15) is 10.9 Å². The molecule has 0 heterocycles. The van der Waals surface area contributed by atoms with Gasteiger partial charge in [0, 0.05) is 6.92 Å². The van der Waals surface area contributed by atoms with Crippen LogP contribution in [-0.2, 0) is 19.1 Å². The first-order valence-corrected chi connectivity index (χ1v) is 7.45. The summed E-state index contributed by atoms with van der Waals surface area (Å²) in [5, 5.41) is 0. The zero-order chi connectivity index (χ0) is 13.5. The van der Waals surface area contributed by atoms with Gasteiger partial charge in [-0.1, -0.05) is 35.2 Å². The fourth-order valence-corrected chi connectivity index (χ4v) is 3.08. The molecule has 1 rings (SSSR count). The summed E-state index contributed by atoms with van der Waals surface area (Å²) in [6.45, 7) is 3.47. The van der Waals surface area contributed by atoms with Crippen LogP contribution in [0.2, 0.25) is 0 Å². The SMILES string of the molecule is CCOC(=O)[C@@H](Br)[C@@H](OC(C)=O)C1CCCCC1. The molecule has 18 heavy (non-hydrogen) atoms. The number of halogens is 1. The molecule has 1 aliphatic carbocycles. The van der Waals surface area contributed by atoms with Crippen molar-refractivity contribution in [3.63, 3.8) is 0 Å². The van der Waals surface area contributed by atoms with E-state index in [1.54, 1.807) is 6.92 Å². The van der Waals surface area contributed by atoms with Crippen molar-refractivity contribution in [2.75, 3.05) is 6.61 Å². The van der Waals surface area contributed by atoms with Gasteiger partial charge in [0.25, 0.3) is 0 Å². The lowest BCUT2D eigenvalue weighted by atomic mass is 9.84. The maximum absolute atomic E-state index is 11.7. The molecular weight excluding hydrogens is 300 g/mol. The van der Waals surface area contributed by atoms with Crippen molar-refractivity contribution < 1.29 is 19.1 Å². The highest BCUT2D eigenvalue weighted by atomic mass is 79.9. The third-order valence-electron chi connectivity index (χ3n) is 3.22. The summed E-state index contributed by atoms with van der Waals surface area (Å²) >= 11 is 3.32. The number of ether oxygens (including phenoxy) is 2.